The Morgan fingerprint density at radius 1 is 1.00 bits per heavy atom. The van der Waals surface area contributed by atoms with Gasteiger partial charge in [0, 0.05) is 11.3 Å². The molecule has 0 aliphatic rings. The van der Waals surface area contributed by atoms with Gasteiger partial charge < -0.3 is 5.11 Å². The standard InChI is InChI=1S/C16H20OS/c1-3-12-5-7-13(8-6-12)11-15(17)16-14(4-2)9-10-18-16/h5-10,15,17H,3-4,11H2,1-2H3. The molecular weight excluding hydrogens is 240 g/mol. The van der Waals surface area contributed by atoms with E-state index in [1.165, 1.54) is 16.7 Å². The maximum atomic E-state index is 10.3. The first kappa shape index (κ1) is 13.3. The van der Waals surface area contributed by atoms with Gasteiger partial charge in [-0.1, -0.05) is 38.1 Å². The second-order valence-electron chi connectivity index (χ2n) is 4.55. The summed E-state index contributed by atoms with van der Waals surface area (Å²) >= 11 is 1.66. The first-order valence-electron chi connectivity index (χ1n) is 6.56. The van der Waals surface area contributed by atoms with Crippen LogP contribution in [0, 0.1) is 0 Å². The summed E-state index contributed by atoms with van der Waals surface area (Å²) in [6.07, 6.45) is 2.39. The summed E-state index contributed by atoms with van der Waals surface area (Å²) < 4.78 is 0. The largest absolute Gasteiger partial charge is 0.387 e. The number of thiophene rings is 1. The number of aryl methyl sites for hydroxylation is 2. The van der Waals surface area contributed by atoms with Crippen LogP contribution in [0.3, 0.4) is 0 Å². The molecule has 0 saturated heterocycles. The van der Waals surface area contributed by atoms with E-state index in [0.29, 0.717) is 6.42 Å². The molecule has 2 heteroatoms. The van der Waals surface area contributed by atoms with Crippen LogP contribution in [0.25, 0.3) is 0 Å². The molecule has 1 heterocycles. The van der Waals surface area contributed by atoms with E-state index in [1.807, 2.05) is 0 Å². The summed E-state index contributed by atoms with van der Waals surface area (Å²) in [5.74, 6) is 0. The molecule has 0 aliphatic heterocycles. The number of aliphatic hydroxyl groups is 1. The lowest BCUT2D eigenvalue weighted by Gasteiger charge is -2.11. The van der Waals surface area contributed by atoms with E-state index >= 15 is 0 Å². The van der Waals surface area contributed by atoms with Gasteiger partial charge in [-0.3, -0.25) is 0 Å². The van der Waals surface area contributed by atoms with Gasteiger partial charge in [0.25, 0.3) is 0 Å². The Kier molecular flexibility index (Phi) is 4.56. The van der Waals surface area contributed by atoms with Crippen molar-refractivity contribution in [2.75, 3.05) is 0 Å². The smallest absolute Gasteiger partial charge is 0.0924 e. The Labute approximate surface area is 113 Å². The highest BCUT2D eigenvalue weighted by Gasteiger charge is 2.13. The van der Waals surface area contributed by atoms with Crippen molar-refractivity contribution in [2.24, 2.45) is 0 Å². The molecule has 0 amide bonds. The minimum atomic E-state index is -0.368. The fourth-order valence-corrected chi connectivity index (χ4v) is 3.14. The van der Waals surface area contributed by atoms with Gasteiger partial charge in [-0.2, -0.15) is 0 Å². The van der Waals surface area contributed by atoms with E-state index in [1.54, 1.807) is 11.3 Å². The van der Waals surface area contributed by atoms with Crippen molar-refractivity contribution in [1.82, 2.24) is 0 Å². The van der Waals surface area contributed by atoms with Crippen LogP contribution in [0.15, 0.2) is 35.7 Å². The number of hydrogen-bond acceptors (Lipinski definition) is 2. The van der Waals surface area contributed by atoms with Gasteiger partial charge >= 0.3 is 0 Å². The molecule has 1 nitrogen and oxygen atoms in total. The second-order valence-corrected chi connectivity index (χ2v) is 5.50. The molecule has 0 fully saturated rings. The normalized spacial score (nSPS) is 12.6. The fraction of sp³-hybridized carbons (Fsp3) is 0.375. The van der Waals surface area contributed by atoms with Gasteiger partial charge in [-0.05, 0) is 41.0 Å². The topological polar surface area (TPSA) is 20.2 Å². The molecule has 0 saturated carbocycles. The highest BCUT2D eigenvalue weighted by Crippen LogP contribution is 2.27. The van der Waals surface area contributed by atoms with Gasteiger partial charge in [-0.25, -0.2) is 0 Å². The van der Waals surface area contributed by atoms with Crippen LogP contribution in [0.4, 0.5) is 0 Å². The maximum absolute atomic E-state index is 10.3. The number of aliphatic hydroxyl groups excluding tert-OH is 1. The first-order valence-corrected chi connectivity index (χ1v) is 7.44. The minimum Gasteiger partial charge on any atom is -0.387 e. The summed E-state index contributed by atoms with van der Waals surface area (Å²) in [7, 11) is 0. The van der Waals surface area contributed by atoms with Crippen LogP contribution >= 0.6 is 11.3 Å². The lowest BCUT2D eigenvalue weighted by Crippen LogP contribution is -2.02. The van der Waals surface area contributed by atoms with Gasteiger partial charge in [0.05, 0.1) is 6.10 Å². The van der Waals surface area contributed by atoms with Crippen LogP contribution in [0.5, 0.6) is 0 Å². The Hall–Kier alpha value is -1.12. The van der Waals surface area contributed by atoms with E-state index in [4.69, 9.17) is 0 Å². The zero-order valence-electron chi connectivity index (χ0n) is 11.0. The van der Waals surface area contributed by atoms with Gasteiger partial charge in [0.2, 0.25) is 0 Å². The van der Waals surface area contributed by atoms with Crippen LogP contribution in [-0.4, -0.2) is 5.11 Å². The average molecular weight is 260 g/mol. The molecule has 1 aromatic carbocycles. The van der Waals surface area contributed by atoms with Crippen molar-refractivity contribution in [3.63, 3.8) is 0 Å². The molecule has 2 aromatic rings. The lowest BCUT2D eigenvalue weighted by atomic mass is 10.0. The Morgan fingerprint density at radius 2 is 1.67 bits per heavy atom. The van der Waals surface area contributed by atoms with E-state index in [2.05, 4.69) is 49.6 Å². The third-order valence-electron chi connectivity index (χ3n) is 3.32. The summed E-state index contributed by atoms with van der Waals surface area (Å²) in [6.45, 7) is 4.29. The van der Waals surface area contributed by atoms with Crippen molar-refractivity contribution < 1.29 is 5.11 Å². The van der Waals surface area contributed by atoms with Crippen LogP contribution in [0.2, 0.25) is 0 Å². The average Bonchev–Trinajstić information content (AvgIpc) is 2.88. The summed E-state index contributed by atoms with van der Waals surface area (Å²) in [5, 5.41) is 12.4. The molecule has 96 valence electrons. The fourth-order valence-electron chi connectivity index (χ4n) is 2.16. The molecule has 18 heavy (non-hydrogen) atoms. The first-order chi connectivity index (χ1) is 8.74. The molecular formula is C16H20OS. The SMILES string of the molecule is CCc1ccc(CC(O)c2sccc2CC)cc1. The van der Waals surface area contributed by atoms with Crippen molar-refractivity contribution in [1.29, 1.82) is 0 Å². The lowest BCUT2D eigenvalue weighted by molar-refractivity contribution is 0.181. The number of rotatable bonds is 5. The van der Waals surface area contributed by atoms with Crippen molar-refractivity contribution in [2.45, 2.75) is 39.2 Å². The molecule has 1 aromatic heterocycles. The predicted molar refractivity (Wildman–Crippen MR) is 78.2 cm³/mol. The monoisotopic (exact) mass is 260 g/mol. The Morgan fingerprint density at radius 3 is 2.28 bits per heavy atom. The summed E-state index contributed by atoms with van der Waals surface area (Å²) in [4.78, 5) is 1.12. The molecule has 1 unspecified atom stereocenters. The van der Waals surface area contributed by atoms with Gasteiger partial charge in [0.15, 0.2) is 0 Å². The Balaban J connectivity index is 2.08. The molecule has 0 bridgehead atoms. The zero-order valence-corrected chi connectivity index (χ0v) is 11.8. The Bertz CT molecular complexity index is 484. The quantitative estimate of drug-likeness (QED) is 0.856. The highest BCUT2D eigenvalue weighted by molar-refractivity contribution is 7.10. The summed E-state index contributed by atoms with van der Waals surface area (Å²) in [6, 6.07) is 10.7. The van der Waals surface area contributed by atoms with Crippen LogP contribution < -0.4 is 0 Å². The molecule has 0 radical (unpaired) electrons. The molecule has 2 rings (SSSR count). The van der Waals surface area contributed by atoms with E-state index in [9.17, 15) is 5.11 Å². The third kappa shape index (κ3) is 3.01. The number of benzene rings is 1. The van der Waals surface area contributed by atoms with Crippen molar-refractivity contribution in [3.05, 3.63) is 57.3 Å². The molecule has 1 N–H and O–H groups in total. The molecule has 1 atom stereocenters. The van der Waals surface area contributed by atoms with Crippen molar-refractivity contribution >= 4 is 11.3 Å². The maximum Gasteiger partial charge on any atom is 0.0924 e. The third-order valence-corrected chi connectivity index (χ3v) is 4.38. The van der Waals surface area contributed by atoms with Gasteiger partial charge in [0.1, 0.15) is 0 Å². The van der Waals surface area contributed by atoms with Crippen LogP contribution in [0.1, 0.15) is 41.5 Å². The molecule has 0 aliphatic carbocycles. The van der Waals surface area contributed by atoms with E-state index in [-0.39, 0.29) is 6.10 Å². The molecule has 0 spiro atoms. The zero-order chi connectivity index (χ0) is 13.0. The van der Waals surface area contributed by atoms with Crippen molar-refractivity contribution in [3.8, 4) is 0 Å². The predicted octanol–water partition coefficient (Wildman–Crippen LogP) is 4.15. The van der Waals surface area contributed by atoms with E-state index in [0.717, 1.165) is 17.7 Å². The van der Waals surface area contributed by atoms with E-state index < -0.39 is 0 Å². The van der Waals surface area contributed by atoms with Crippen LogP contribution in [-0.2, 0) is 19.3 Å². The highest BCUT2D eigenvalue weighted by atomic mass is 32.1. The van der Waals surface area contributed by atoms with Gasteiger partial charge in [-0.15, -0.1) is 11.3 Å². The minimum absolute atomic E-state index is 0.368. The number of hydrogen-bond donors (Lipinski definition) is 1. The summed E-state index contributed by atoms with van der Waals surface area (Å²) in [5.41, 5.74) is 3.83. The second kappa shape index (κ2) is 6.17.